The molecule has 0 unspecified atom stereocenters. The number of nitrogens with zero attached hydrogens (tertiary/aromatic N) is 3. The highest BCUT2D eigenvalue weighted by Gasteiger charge is 2.24. The fourth-order valence-corrected chi connectivity index (χ4v) is 3.93. The van der Waals surface area contributed by atoms with Crippen LogP contribution >= 0.6 is 11.6 Å². The van der Waals surface area contributed by atoms with Crippen LogP contribution in [-0.2, 0) is 0 Å². The Labute approximate surface area is 184 Å². The maximum absolute atomic E-state index is 13.4. The number of aliphatic imine (C=N–C) groups is 2. The topological polar surface area (TPSA) is 74.5 Å². The Morgan fingerprint density at radius 3 is 2.48 bits per heavy atom. The number of carbonyl (C=O) groups excluding carboxylic acids is 1. The van der Waals surface area contributed by atoms with Crippen LogP contribution in [0.5, 0.6) is 11.5 Å². The number of hydrogen-bond acceptors (Lipinski definition) is 5. The van der Waals surface area contributed by atoms with Crippen molar-refractivity contribution < 1.29 is 19.0 Å². The lowest BCUT2D eigenvalue weighted by atomic mass is 9.96. The molecule has 0 spiro atoms. The van der Waals surface area contributed by atoms with Crippen molar-refractivity contribution in [2.24, 2.45) is 9.98 Å². The second-order valence-corrected chi connectivity index (χ2v) is 7.71. The van der Waals surface area contributed by atoms with E-state index in [1.807, 2.05) is 0 Å². The van der Waals surface area contributed by atoms with Crippen LogP contribution in [0.3, 0.4) is 0 Å². The first-order valence-electron chi connectivity index (χ1n) is 9.89. The zero-order valence-corrected chi connectivity index (χ0v) is 17.6. The number of piperidine rings is 1. The molecule has 2 heterocycles. The van der Waals surface area contributed by atoms with Crippen molar-refractivity contribution in [3.05, 3.63) is 52.3 Å². The highest BCUT2D eigenvalue weighted by Crippen LogP contribution is 2.45. The first-order valence-corrected chi connectivity index (χ1v) is 10.3. The lowest BCUT2D eigenvalue weighted by Gasteiger charge is -2.28. The third-order valence-corrected chi connectivity index (χ3v) is 5.63. The van der Waals surface area contributed by atoms with Crippen LogP contribution in [0.2, 0.25) is 5.02 Å². The van der Waals surface area contributed by atoms with Crippen molar-refractivity contribution in [2.75, 3.05) is 20.2 Å². The SMILES string of the molecule is COc1c(O)c(Cl)cc(C=C2N=CC=N2)c1-c1ccc(C(=O)N2CCC(F)CC2)cc1. The van der Waals surface area contributed by atoms with Crippen molar-refractivity contribution in [1.29, 1.82) is 0 Å². The Bertz CT molecular complexity index is 1070. The van der Waals surface area contributed by atoms with E-state index < -0.39 is 6.17 Å². The van der Waals surface area contributed by atoms with E-state index in [1.54, 1.807) is 53.7 Å². The summed E-state index contributed by atoms with van der Waals surface area (Å²) in [5.41, 5.74) is 2.50. The molecule has 0 saturated carbocycles. The van der Waals surface area contributed by atoms with Crippen LogP contribution in [0.15, 0.2) is 46.1 Å². The Balaban J connectivity index is 1.71. The fourth-order valence-electron chi connectivity index (χ4n) is 3.72. The minimum absolute atomic E-state index is 0.124. The second kappa shape index (κ2) is 8.89. The normalized spacial score (nSPS) is 16.1. The van der Waals surface area contributed by atoms with Gasteiger partial charge in [0.15, 0.2) is 17.3 Å². The average Bonchev–Trinajstić information content (AvgIpc) is 3.29. The number of methoxy groups -OCH3 is 1. The molecule has 8 heteroatoms. The number of likely N-dealkylation sites (tertiary alicyclic amines) is 1. The number of hydrogen-bond donors (Lipinski definition) is 1. The van der Waals surface area contributed by atoms with Gasteiger partial charge < -0.3 is 14.7 Å². The van der Waals surface area contributed by atoms with Crippen LogP contribution in [0, 0.1) is 0 Å². The Kier molecular flexibility index (Phi) is 6.04. The quantitative estimate of drug-likeness (QED) is 0.744. The van der Waals surface area contributed by atoms with Gasteiger partial charge in [-0.1, -0.05) is 23.7 Å². The van der Waals surface area contributed by atoms with Gasteiger partial charge in [-0.05, 0) is 48.2 Å². The van der Waals surface area contributed by atoms with Crippen LogP contribution in [0.4, 0.5) is 4.39 Å². The second-order valence-electron chi connectivity index (χ2n) is 7.31. The summed E-state index contributed by atoms with van der Waals surface area (Å²) in [6, 6.07) is 8.61. The van der Waals surface area contributed by atoms with Gasteiger partial charge in [0.2, 0.25) is 0 Å². The van der Waals surface area contributed by atoms with Gasteiger partial charge in [0.25, 0.3) is 5.91 Å². The molecule has 160 valence electrons. The minimum atomic E-state index is -0.836. The average molecular weight is 442 g/mol. The summed E-state index contributed by atoms with van der Waals surface area (Å²) >= 11 is 6.19. The van der Waals surface area contributed by atoms with Crippen molar-refractivity contribution in [3.63, 3.8) is 0 Å². The van der Waals surface area contributed by atoms with E-state index in [0.717, 1.165) is 5.56 Å². The predicted octanol–water partition coefficient (Wildman–Crippen LogP) is 4.75. The van der Waals surface area contributed by atoms with Crippen LogP contribution in [0.1, 0.15) is 28.8 Å². The molecule has 0 atom stereocenters. The summed E-state index contributed by atoms with van der Waals surface area (Å²) in [6.45, 7) is 0.832. The third-order valence-electron chi connectivity index (χ3n) is 5.34. The van der Waals surface area contributed by atoms with E-state index in [9.17, 15) is 14.3 Å². The van der Waals surface area contributed by atoms with Crippen molar-refractivity contribution >= 4 is 36.0 Å². The summed E-state index contributed by atoms with van der Waals surface area (Å²) < 4.78 is 18.8. The molecule has 0 aromatic heterocycles. The van der Waals surface area contributed by atoms with Gasteiger partial charge >= 0.3 is 0 Å². The summed E-state index contributed by atoms with van der Waals surface area (Å²) in [6.07, 6.45) is 4.80. The molecule has 0 aliphatic carbocycles. The maximum atomic E-state index is 13.4. The molecule has 2 aromatic rings. The van der Waals surface area contributed by atoms with E-state index in [0.29, 0.717) is 48.4 Å². The summed E-state index contributed by atoms with van der Waals surface area (Å²) in [5, 5.41) is 10.6. The Morgan fingerprint density at radius 2 is 1.87 bits per heavy atom. The lowest BCUT2D eigenvalue weighted by molar-refractivity contribution is 0.0667. The summed E-state index contributed by atoms with van der Waals surface area (Å²) in [7, 11) is 1.45. The fraction of sp³-hybridized carbons (Fsp3) is 0.261. The standard InChI is InChI=1S/C23H21ClFN3O3/c1-31-22-20(16(12-18(24)21(22)29)13-19-26-8-9-27-19)14-2-4-15(5-3-14)23(30)28-10-6-17(25)7-11-28/h2-5,8-9,12-13,17,29H,6-7,10-11H2,1H3. The molecule has 4 rings (SSSR count). The molecule has 0 bridgehead atoms. The Morgan fingerprint density at radius 1 is 1.23 bits per heavy atom. The van der Waals surface area contributed by atoms with E-state index in [1.165, 1.54) is 7.11 Å². The van der Waals surface area contributed by atoms with E-state index >= 15 is 0 Å². The Hall–Kier alpha value is -3.19. The number of phenols is 1. The molecular weight excluding hydrogens is 421 g/mol. The van der Waals surface area contributed by atoms with Crippen molar-refractivity contribution in [2.45, 2.75) is 19.0 Å². The molecule has 1 saturated heterocycles. The molecule has 2 aliphatic heterocycles. The number of amides is 1. The van der Waals surface area contributed by atoms with E-state index in [2.05, 4.69) is 9.98 Å². The molecule has 1 amide bonds. The molecule has 2 aliphatic rings. The molecule has 0 radical (unpaired) electrons. The summed E-state index contributed by atoms with van der Waals surface area (Å²) in [4.78, 5) is 22.7. The molecule has 2 aromatic carbocycles. The largest absolute Gasteiger partial charge is 0.503 e. The predicted molar refractivity (Wildman–Crippen MR) is 120 cm³/mol. The highest BCUT2D eigenvalue weighted by molar-refractivity contribution is 6.32. The van der Waals surface area contributed by atoms with Gasteiger partial charge in [-0.15, -0.1) is 0 Å². The number of halogens is 2. The van der Waals surface area contributed by atoms with Gasteiger partial charge in [-0.25, -0.2) is 14.4 Å². The van der Waals surface area contributed by atoms with Crippen molar-refractivity contribution in [3.8, 4) is 22.6 Å². The van der Waals surface area contributed by atoms with Gasteiger partial charge in [0, 0.05) is 36.6 Å². The van der Waals surface area contributed by atoms with Gasteiger partial charge in [0.05, 0.1) is 12.1 Å². The number of phenolic OH excluding ortho intramolecular Hbond substituents is 1. The molecular formula is C23H21ClFN3O3. The van der Waals surface area contributed by atoms with E-state index in [4.69, 9.17) is 16.3 Å². The third kappa shape index (κ3) is 4.32. The zero-order valence-electron chi connectivity index (χ0n) is 16.9. The minimum Gasteiger partial charge on any atom is -0.503 e. The monoisotopic (exact) mass is 441 g/mol. The van der Waals surface area contributed by atoms with Crippen LogP contribution < -0.4 is 4.74 Å². The van der Waals surface area contributed by atoms with Gasteiger partial charge in [-0.3, -0.25) is 4.79 Å². The first kappa shape index (κ1) is 21.1. The smallest absolute Gasteiger partial charge is 0.253 e. The molecule has 1 fully saturated rings. The zero-order chi connectivity index (χ0) is 22.0. The molecule has 31 heavy (non-hydrogen) atoms. The van der Waals surface area contributed by atoms with Crippen LogP contribution in [-0.4, -0.2) is 54.7 Å². The summed E-state index contributed by atoms with van der Waals surface area (Å²) in [5.74, 6) is 0.415. The van der Waals surface area contributed by atoms with E-state index in [-0.39, 0.29) is 22.4 Å². The number of carbonyl (C=O) groups is 1. The number of alkyl halides is 1. The van der Waals surface area contributed by atoms with Gasteiger partial charge in [0.1, 0.15) is 6.17 Å². The van der Waals surface area contributed by atoms with Gasteiger partial charge in [-0.2, -0.15) is 0 Å². The first-order chi connectivity index (χ1) is 15.0. The number of ether oxygens (including phenoxy) is 1. The lowest BCUT2D eigenvalue weighted by Crippen LogP contribution is -2.39. The highest BCUT2D eigenvalue weighted by atomic mass is 35.5. The number of benzene rings is 2. The van der Waals surface area contributed by atoms with Crippen molar-refractivity contribution in [1.82, 2.24) is 4.90 Å². The van der Waals surface area contributed by atoms with Crippen LogP contribution in [0.25, 0.3) is 17.2 Å². The molecule has 6 nitrogen and oxygen atoms in total. The molecule has 1 N–H and O–H groups in total. The number of aromatic hydroxyl groups is 1. The number of rotatable bonds is 4. The maximum Gasteiger partial charge on any atom is 0.253 e.